The van der Waals surface area contributed by atoms with Crippen molar-refractivity contribution in [3.05, 3.63) is 9.67 Å². The second-order valence-corrected chi connectivity index (χ2v) is 19.6. The molecule has 0 aliphatic heterocycles. The van der Waals surface area contributed by atoms with Gasteiger partial charge in [-0.3, -0.25) is 0 Å². The molecule has 0 spiro atoms. The second-order valence-electron chi connectivity index (χ2n) is 5.14. The molecule has 2 atom stereocenters. The van der Waals surface area contributed by atoms with E-state index in [1.54, 1.807) is 0 Å². The average Bonchev–Trinajstić information content (AvgIpc) is 2.29. The molecule has 0 unspecified atom stereocenters. The van der Waals surface area contributed by atoms with Crippen molar-refractivity contribution in [1.29, 1.82) is 0 Å². The third-order valence-corrected chi connectivity index (χ3v) is 9.69. The average molecular weight is 273 g/mol. The molecule has 0 saturated carbocycles. The standard InChI is InChI=1S/C8H13.3CH3.Sn/c1-3-8-6-4-5-7(8)2;;;;/h4,7-8H,3,5H2,1-2H3;3*1H3;/t7-,8-;;;;/m1..../s1. The summed E-state index contributed by atoms with van der Waals surface area (Å²) in [6.07, 6.45) is 5.28. The summed E-state index contributed by atoms with van der Waals surface area (Å²) in [5.74, 6) is 1.88. The van der Waals surface area contributed by atoms with Crippen LogP contribution in [-0.4, -0.2) is 18.4 Å². The van der Waals surface area contributed by atoms with Crippen LogP contribution in [0.3, 0.4) is 0 Å². The zero-order valence-electron chi connectivity index (χ0n) is 9.15. The van der Waals surface area contributed by atoms with Crippen molar-refractivity contribution < 1.29 is 0 Å². The van der Waals surface area contributed by atoms with Crippen LogP contribution < -0.4 is 0 Å². The SMILES string of the molecule is CC[C@@H]1[C]([Sn]([CH3])([CH3])[CH3])=CC[C@H]1C. The molecule has 0 N–H and O–H groups in total. The molecule has 0 nitrogen and oxygen atoms in total. The first-order valence-corrected chi connectivity index (χ1v) is 15.2. The second kappa shape index (κ2) is 3.73. The van der Waals surface area contributed by atoms with E-state index in [2.05, 4.69) is 34.7 Å². The van der Waals surface area contributed by atoms with Crippen molar-refractivity contribution in [2.24, 2.45) is 11.8 Å². The third-order valence-electron chi connectivity index (χ3n) is 3.10. The van der Waals surface area contributed by atoms with Gasteiger partial charge in [-0.05, 0) is 0 Å². The van der Waals surface area contributed by atoms with E-state index < -0.39 is 18.4 Å². The first-order chi connectivity index (χ1) is 5.46. The van der Waals surface area contributed by atoms with Crippen molar-refractivity contribution in [2.45, 2.75) is 41.5 Å². The first kappa shape index (κ1) is 10.6. The van der Waals surface area contributed by atoms with E-state index in [9.17, 15) is 0 Å². The molecule has 0 fully saturated rings. The Balaban J connectivity index is 2.78. The summed E-state index contributed by atoms with van der Waals surface area (Å²) in [7, 11) is 0. The van der Waals surface area contributed by atoms with E-state index in [1.807, 2.05) is 3.59 Å². The van der Waals surface area contributed by atoms with Gasteiger partial charge in [-0.15, -0.1) is 0 Å². The van der Waals surface area contributed by atoms with Crippen LogP contribution in [0, 0.1) is 11.8 Å². The van der Waals surface area contributed by atoms with Gasteiger partial charge in [0.1, 0.15) is 0 Å². The summed E-state index contributed by atoms with van der Waals surface area (Å²) in [5.41, 5.74) is 0. The van der Waals surface area contributed by atoms with Gasteiger partial charge in [0.05, 0.1) is 0 Å². The molecule has 1 rings (SSSR count). The molecule has 1 aliphatic rings. The normalized spacial score (nSPS) is 30.6. The van der Waals surface area contributed by atoms with Crippen LogP contribution in [0.5, 0.6) is 0 Å². The molecule has 0 amide bonds. The van der Waals surface area contributed by atoms with Crippen molar-refractivity contribution in [2.75, 3.05) is 0 Å². The Labute approximate surface area is 81.3 Å². The quantitative estimate of drug-likeness (QED) is 0.670. The molecule has 0 radical (unpaired) electrons. The van der Waals surface area contributed by atoms with Crippen LogP contribution in [0.4, 0.5) is 0 Å². The zero-order valence-corrected chi connectivity index (χ0v) is 12.0. The minimum absolute atomic E-state index is 0.931. The molecule has 0 aromatic carbocycles. The maximum atomic E-state index is 2.56. The van der Waals surface area contributed by atoms with Gasteiger partial charge < -0.3 is 0 Å². The predicted molar refractivity (Wildman–Crippen MR) is 59.0 cm³/mol. The molecular formula is C11H22Sn. The van der Waals surface area contributed by atoms with Gasteiger partial charge in [0.2, 0.25) is 0 Å². The van der Waals surface area contributed by atoms with E-state index in [-0.39, 0.29) is 0 Å². The molecule has 0 aromatic rings. The third kappa shape index (κ3) is 2.07. The van der Waals surface area contributed by atoms with Crippen molar-refractivity contribution in [3.63, 3.8) is 0 Å². The van der Waals surface area contributed by atoms with Gasteiger partial charge in [-0.1, -0.05) is 0 Å². The van der Waals surface area contributed by atoms with E-state index in [4.69, 9.17) is 0 Å². The number of rotatable bonds is 2. The Bertz CT molecular complexity index is 186. The molecule has 0 heterocycles. The molecule has 0 bridgehead atoms. The van der Waals surface area contributed by atoms with E-state index in [0.717, 1.165) is 11.8 Å². The van der Waals surface area contributed by atoms with Crippen molar-refractivity contribution >= 4 is 18.4 Å². The summed E-state index contributed by atoms with van der Waals surface area (Å²) in [6.45, 7) is 4.76. The van der Waals surface area contributed by atoms with Gasteiger partial charge in [-0.25, -0.2) is 0 Å². The predicted octanol–water partition coefficient (Wildman–Crippen LogP) is 3.86. The van der Waals surface area contributed by atoms with Gasteiger partial charge >= 0.3 is 81.4 Å². The summed E-state index contributed by atoms with van der Waals surface area (Å²) in [5, 5.41) is 0. The van der Waals surface area contributed by atoms with Crippen molar-refractivity contribution in [1.82, 2.24) is 0 Å². The summed E-state index contributed by atoms with van der Waals surface area (Å²) in [6, 6.07) is 0. The van der Waals surface area contributed by atoms with Crippen LogP contribution >= 0.6 is 0 Å². The molecular weight excluding hydrogens is 251 g/mol. The molecule has 0 aromatic heterocycles. The fourth-order valence-corrected chi connectivity index (χ4v) is 9.07. The Morgan fingerprint density at radius 3 is 2.33 bits per heavy atom. The Hall–Kier alpha value is 0.539. The zero-order chi connectivity index (χ0) is 9.35. The van der Waals surface area contributed by atoms with Gasteiger partial charge in [0.15, 0.2) is 0 Å². The summed E-state index contributed by atoms with van der Waals surface area (Å²) < 4.78 is 1.90. The summed E-state index contributed by atoms with van der Waals surface area (Å²) in [4.78, 5) is 7.63. The van der Waals surface area contributed by atoms with Gasteiger partial charge in [0.25, 0.3) is 0 Å². The topological polar surface area (TPSA) is 0 Å². The fourth-order valence-electron chi connectivity index (χ4n) is 2.42. The number of hydrogen-bond donors (Lipinski definition) is 0. The Kier molecular flexibility index (Phi) is 3.30. The van der Waals surface area contributed by atoms with Crippen LogP contribution in [0.15, 0.2) is 9.67 Å². The van der Waals surface area contributed by atoms with Crippen LogP contribution in [0.25, 0.3) is 0 Å². The van der Waals surface area contributed by atoms with E-state index in [1.165, 1.54) is 12.8 Å². The molecule has 12 heavy (non-hydrogen) atoms. The fraction of sp³-hybridized carbons (Fsp3) is 0.818. The van der Waals surface area contributed by atoms with Crippen LogP contribution in [-0.2, 0) is 0 Å². The van der Waals surface area contributed by atoms with Gasteiger partial charge in [0, 0.05) is 0 Å². The number of hydrogen-bond acceptors (Lipinski definition) is 0. The van der Waals surface area contributed by atoms with E-state index in [0.29, 0.717) is 0 Å². The molecule has 0 saturated heterocycles. The molecule has 70 valence electrons. The van der Waals surface area contributed by atoms with E-state index >= 15 is 0 Å². The molecule has 1 aliphatic carbocycles. The Morgan fingerprint density at radius 1 is 1.42 bits per heavy atom. The van der Waals surface area contributed by atoms with Crippen LogP contribution in [0.2, 0.25) is 14.8 Å². The Morgan fingerprint density at radius 2 is 2.00 bits per heavy atom. The summed E-state index contributed by atoms with van der Waals surface area (Å²) >= 11 is -1.70. The molecule has 1 heteroatoms. The maximum absolute atomic E-state index is 2.56. The van der Waals surface area contributed by atoms with Gasteiger partial charge in [-0.2, -0.15) is 0 Å². The first-order valence-electron chi connectivity index (χ1n) is 5.17. The van der Waals surface area contributed by atoms with Crippen LogP contribution in [0.1, 0.15) is 26.7 Å². The van der Waals surface area contributed by atoms with Crippen molar-refractivity contribution in [3.8, 4) is 0 Å². The number of allylic oxidation sites excluding steroid dienone is 2. The monoisotopic (exact) mass is 274 g/mol. The minimum atomic E-state index is -1.70.